The Morgan fingerprint density at radius 1 is 1.08 bits per heavy atom. The van der Waals surface area contributed by atoms with Gasteiger partial charge in [-0.2, -0.15) is 5.10 Å². The molecule has 1 saturated heterocycles. The number of anilines is 1. The molecule has 6 nitrogen and oxygen atoms in total. The maximum atomic E-state index is 12.3. The predicted octanol–water partition coefficient (Wildman–Crippen LogP) is 1.93. The highest BCUT2D eigenvalue weighted by Gasteiger charge is 2.35. The van der Waals surface area contributed by atoms with Crippen molar-refractivity contribution in [1.29, 1.82) is 0 Å². The van der Waals surface area contributed by atoms with Crippen molar-refractivity contribution in [3.8, 4) is 0 Å². The van der Waals surface area contributed by atoms with Crippen LogP contribution < -0.4 is 10.5 Å². The van der Waals surface area contributed by atoms with Crippen LogP contribution in [-0.4, -0.2) is 32.8 Å². The molecule has 0 radical (unpaired) electrons. The Labute approximate surface area is 146 Å². The SMILES string of the molecule is O=c1cc2c(nn1CC1CN(c3nccnc3C3CC3)C1)CCCC2. The quantitative estimate of drug-likeness (QED) is 0.853. The third-order valence-electron chi connectivity index (χ3n) is 5.63. The normalized spacial score (nSPS) is 20.2. The molecule has 2 aromatic heterocycles. The Morgan fingerprint density at radius 3 is 2.72 bits per heavy atom. The van der Waals surface area contributed by atoms with E-state index in [2.05, 4.69) is 20.0 Å². The summed E-state index contributed by atoms with van der Waals surface area (Å²) in [5.41, 5.74) is 3.51. The van der Waals surface area contributed by atoms with Gasteiger partial charge >= 0.3 is 0 Å². The van der Waals surface area contributed by atoms with Gasteiger partial charge in [0.05, 0.1) is 17.9 Å². The molecule has 3 aliphatic rings. The first-order chi connectivity index (χ1) is 12.3. The van der Waals surface area contributed by atoms with Crippen molar-refractivity contribution in [3.05, 3.63) is 45.8 Å². The molecule has 2 fully saturated rings. The second-order valence-electron chi connectivity index (χ2n) is 7.65. The number of hydrogen-bond acceptors (Lipinski definition) is 5. The van der Waals surface area contributed by atoms with Crippen molar-refractivity contribution in [3.63, 3.8) is 0 Å². The Kier molecular flexibility index (Phi) is 3.57. The minimum Gasteiger partial charge on any atom is -0.354 e. The van der Waals surface area contributed by atoms with Crippen molar-refractivity contribution in [2.24, 2.45) is 5.92 Å². The fourth-order valence-electron chi connectivity index (χ4n) is 4.06. The number of nitrogens with zero attached hydrogens (tertiary/aromatic N) is 5. The molecular formula is C19H23N5O. The summed E-state index contributed by atoms with van der Waals surface area (Å²) < 4.78 is 1.69. The third kappa shape index (κ3) is 2.83. The monoisotopic (exact) mass is 337 g/mol. The topological polar surface area (TPSA) is 63.9 Å². The molecular weight excluding hydrogens is 314 g/mol. The van der Waals surface area contributed by atoms with E-state index in [1.807, 2.05) is 6.07 Å². The van der Waals surface area contributed by atoms with Gasteiger partial charge < -0.3 is 4.90 Å². The molecule has 0 N–H and O–H groups in total. The molecule has 2 aliphatic carbocycles. The zero-order valence-electron chi connectivity index (χ0n) is 14.4. The molecule has 0 aromatic carbocycles. The second-order valence-corrected chi connectivity index (χ2v) is 7.65. The molecule has 0 unspecified atom stereocenters. The summed E-state index contributed by atoms with van der Waals surface area (Å²) in [4.78, 5) is 23.7. The molecule has 0 bridgehead atoms. The summed E-state index contributed by atoms with van der Waals surface area (Å²) >= 11 is 0. The summed E-state index contributed by atoms with van der Waals surface area (Å²) in [7, 11) is 0. The van der Waals surface area contributed by atoms with E-state index in [0.717, 1.165) is 48.7 Å². The predicted molar refractivity (Wildman–Crippen MR) is 94.8 cm³/mol. The van der Waals surface area contributed by atoms with Gasteiger partial charge in [-0.05, 0) is 44.1 Å². The first kappa shape index (κ1) is 15.0. The summed E-state index contributed by atoms with van der Waals surface area (Å²) in [5, 5.41) is 4.65. The van der Waals surface area contributed by atoms with Gasteiger partial charge in [-0.15, -0.1) is 0 Å². The standard InChI is InChI=1S/C19H23N5O/c25-17-9-15-3-1-2-4-16(15)22-24(17)12-13-10-23(11-13)19-18(14-5-6-14)20-7-8-21-19/h7-9,13-14H,1-6,10-12H2. The average Bonchev–Trinajstić information content (AvgIpc) is 3.43. The lowest BCUT2D eigenvalue weighted by Crippen LogP contribution is -2.50. The highest BCUT2D eigenvalue weighted by atomic mass is 16.1. The molecule has 6 heteroatoms. The van der Waals surface area contributed by atoms with Crippen molar-refractivity contribution in [1.82, 2.24) is 19.7 Å². The minimum atomic E-state index is 0.0530. The minimum absolute atomic E-state index is 0.0530. The van der Waals surface area contributed by atoms with E-state index in [1.165, 1.54) is 25.7 Å². The van der Waals surface area contributed by atoms with E-state index in [1.54, 1.807) is 17.1 Å². The number of aryl methyl sites for hydroxylation is 2. The van der Waals surface area contributed by atoms with Crippen molar-refractivity contribution in [2.75, 3.05) is 18.0 Å². The molecule has 1 aliphatic heterocycles. The zero-order chi connectivity index (χ0) is 16.8. The van der Waals surface area contributed by atoms with Crippen LogP contribution in [0.4, 0.5) is 5.82 Å². The molecule has 2 aromatic rings. The van der Waals surface area contributed by atoms with Gasteiger partial charge in [0.1, 0.15) is 0 Å². The lowest BCUT2D eigenvalue weighted by Gasteiger charge is -2.40. The third-order valence-corrected chi connectivity index (χ3v) is 5.63. The van der Waals surface area contributed by atoms with Gasteiger partial charge in [0.25, 0.3) is 5.56 Å². The van der Waals surface area contributed by atoms with Gasteiger partial charge in [0.15, 0.2) is 5.82 Å². The highest BCUT2D eigenvalue weighted by Crippen LogP contribution is 2.43. The summed E-state index contributed by atoms with van der Waals surface area (Å²) in [6, 6.07) is 1.81. The van der Waals surface area contributed by atoms with Gasteiger partial charge in [-0.3, -0.25) is 9.78 Å². The maximum Gasteiger partial charge on any atom is 0.267 e. The highest BCUT2D eigenvalue weighted by molar-refractivity contribution is 5.48. The van der Waals surface area contributed by atoms with Crippen molar-refractivity contribution < 1.29 is 0 Å². The number of hydrogen-bond donors (Lipinski definition) is 0. The lowest BCUT2D eigenvalue weighted by molar-refractivity contribution is 0.329. The largest absolute Gasteiger partial charge is 0.354 e. The van der Waals surface area contributed by atoms with E-state index in [0.29, 0.717) is 18.4 Å². The van der Waals surface area contributed by atoms with Crippen LogP contribution in [0.15, 0.2) is 23.3 Å². The van der Waals surface area contributed by atoms with Crippen LogP contribution in [0.5, 0.6) is 0 Å². The van der Waals surface area contributed by atoms with Crippen LogP contribution >= 0.6 is 0 Å². The van der Waals surface area contributed by atoms with E-state index in [9.17, 15) is 4.79 Å². The van der Waals surface area contributed by atoms with Crippen LogP contribution in [0.2, 0.25) is 0 Å². The van der Waals surface area contributed by atoms with Gasteiger partial charge in [-0.1, -0.05) is 0 Å². The van der Waals surface area contributed by atoms with E-state index >= 15 is 0 Å². The molecule has 0 spiro atoms. The molecule has 130 valence electrons. The summed E-state index contributed by atoms with van der Waals surface area (Å²) in [6.07, 6.45) is 10.4. The molecule has 0 amide bonds. The molecule has 3 heterocycles. The summed E-state index contributed by atoms with van der Waals surface area (Å²) in [6.45, 7) is 2.58. The molecule has 1 saturated carbocycles. The molecule has 0 atom stereocenters. The van der Waals surface area contributed by atoms with Gasteiger partial charge in [0, 0.05) is 43.4 Å². The number of rotatable bonds is 4. The van der Waals surface area contributed by atoms with Crippen molar-refractivity contribution in [2.45, 2.75) is 51.0 Å². The van der Waals surface area contributed by atoms with Gasteiger partial charge in [-0.25, -0.2) is 9.67 Å². The average molecular weight is 337 g/mol. The smallest absolute Gasteiger partial charge is 0.267 e. The lowest BCUT2D eigenvalue weighted by atomic mass is 9.96. The van der Waals surface area contributed by atoms with Crippen molar-refractivity contribution >= 4 is 5.82 Å². The van der Waals surface area contributed by atoms with E-state index in [4.69, 9.17) is 0 Å². The maximum absolute atomic E-state index is 12.3. The Bertz CT molecular complexity index is 851. The molecule has 25 heavy (non-hydrogen) atoms. The van der Waals surface area contributed by atoms with Crippen LogP contribution in [-0.2, 0) is 19.4 Å². The van der Waals surface area contributed by atoms with Crippen LogP contribution in [0.25, 0.3) is 0 Å². The number of fused-ring (bicyclic) bond motifs is 1. The first-order valence-corrected chi connectivity index (χ1v) is 9.43. The summed E-state index contributed by atoms with van der Waals surface area (Å²) in [5.74, 6) is 2.11. The Hall–Kier alpha value is -2.24. The number of aromatic nitrogens is 4. The van der Waals surface area contributed by atoms with E-state index in [-0.39, 0.29) is 5.56 Å². The fourth-order valence-corrected chi connectivity index (χ4v) is 4.06. The second kappa shape index (κ2) is 5.93. The molecule has 5 rings (SSSR count). The van der Waals surface area contributed by atoms with E-state index < -0.39 is 0 Å². The zero-order valence-corrected chi connectivity index (χ0v) is 14.4. The van der Waals surface area contributed by atoms with Crippen LogP contribution in [0, 0.1) is 5.92 Å². The van der Waals surface area contributed by atoms with Crippen LogP contribution in [0.1, 0.15) is 48.6 Å². The van der Waals surface area contributed by atoms with Gasteiger partial charge in [0.2, 0.25) is 0 Å². The Morgan fingerprint density at radius 2 is 1.88 bits per heavy atom. The fraction of sp³-hybridized carbons (Fsp3) is 0.579. The van der Waals surface area contributed by atoms with Crippen LogP contribution in [0.3, 0.4) is 0 Å². The Balaban J connectivity index is 1.28. The first-order valence-electron chi connectivity index (χ1n) is 9.43.